The molecule has 0 aliphatic carbocycles. The molecule has 96 valence electrons. The smallest absolute Gasteiger partial charge is 0.250 e. The summed E-state index contributed by atoms with van der Waals surface area (Å²) in [5, 5.41) is 6.05. The number of halogens is 1. The van der Waals surface area contributed by atoms with E-state index in [-0.39, 0.29) is 29.2 Å². The van der Waals surface area contributed by atoms with Crippen molar-refractivity contribution in [1.29, 1.82) is 0 Å². The molecule has 1 aliphatic heterocycles. The van der Waals surface area contributed by atoms with Crippen LogP contribution in [0.4, 0.5) is 0 Å². The molecule has 6 heteroatoms. The van der Waals surface area contributed by atoms with Crippen molar-refractivity contribution in [2.75, 3.05) is 32.5 Å². The van der Waals surface area contributed by atoms with E-state index in [0.29, 0.717) is 19.7 Å². The van der Waals surface area contributed by atoms with Crippen LogP contribution in [-0.4, -0.2) is 49.3 Å². The zero-order chi connectivity index (χ0) is 11.3. The van der Waals surface area contributed by atoms with E-state index in [1.807, 2.05) is 6.26 Å². The molecule has 0 aromatic heterocycles. The molecule has 0 radical (unpaired) electrons. The number of carbonyl (C=O) groups excluding carboxylic acids is 1. The summed E-state index contributed by atoms with van der Waals surface area (Å²) in [5.41, 5.74) is 0. The van der Waals surface area contributed by atoms with Crippen LogP contribution in [0, 0.1) is 0 Å². The Morgan fingerprint density at radius 3 is 2.81 bits per heavy atom. The van der Waals surface area contributed by atoms with Crippen LogP contribution in [0.1, 0.15) is 13.8 Å². The van der Waals surface area contributed by atoms with E-state index < -0.39 is 0 Å². The first kappa shape index (κ1) is 16.0. The lowest BCUT2D eigenvalue weighted by Gasteiger charge is -2.26. The lowest BCUT2D eigenvalue weighted by atomic mass is 10.2. The summed E-state index contributed by atoms with van der Waals surface area (Å²) < 4.78 is 5.44. The highest BCUT2D eigenvalue weighted by Crippen LogP contribution is 2.19. The molecule has 1 unspecified atom stereocenters. The summed E-state index contributed by atoms with van der Waals surface area (Å²) in [7, 11) is 0. The third kappa shape index (κ3) is 5.39. The number of amides is 1. The van der Waals surface area contributed by atoms with Crippen LogP contribution in [0.3, 0.4) is 0 Å². The Bertz CT molecular complexity index is 221. The van der Waals surface area contributed by atoms with Crippen molar-refractivity contribution in [2.45, 2.75) is 24.7 Å². The number of rotatable bonds is 4. The van der Waals surface area contributed by atoms with Crippen LogP contribution in [0.15, 0.2) is 0 Å². The zero-order valence-corrected chi connectivity index (χ0v) is 11.7. The molecule has 1 rings (SSSR count). The minimum absolute atomic E-state index is 0. The molecule has 2 N–H and O–H groups in total. The van der Waals surface area contributed by atoms with Gasteiger partial charge in [-0.2, -0.15) is 11.8 Å². The largest absolute Gasteiger partial charge is 0.366 e. The fraction of sp³-hybridized carbons (Fsp3) is 0.900. The number of ether oxygens (including phenoxy) is 1. The van der Waals surface area contributed by atoms with Crippen LogP contribution in [0.5, 0.6) is 0 Å². The van der Waals surface area contributed by atoms with Crippen molar-refractivity contribution in [3.8, 4) is 0 Å². The van der Waals surface area contributed by atoms with Gasteiger partial charge in [-0.3, -0.25) is 4.79 Å². The van der Waals surface area contributed by atoms with E-state index in [1.165, 1.54) is 0 Å². The van der Waals surface area contributed by atoms with E-state index >= 15 is 0 Å². The van der Waals surface area contributed by atoms with Crippen LogP contribution >= 0.6 is 24.2 Å². The number of morpholine rings is 1. The van der Waals surface area contributed by atoms with E-state index in [1.54, 1.807) is 11.8 Å². The summed E-state index contributed by atoms with van der Waals surface area (Å²) >= 11 is 1.74. The standard InChI is InChI=1S/C10H20N2O2S.ClH/c1-10(2,15-3)7-12-9(13)8-6-11-4-5-14-8;/h8,11H,4-7H2,1-3H3,(H,12,13);1H. The number of nitrogens with one attached hydrogen (secondary N) is 2. The van der Waals surface area contributed by atoms with Gasteiger partial charge in [-0.1, -0.05) is 0 Å². The van der Waals surface area contributed by atoms with Gasteiger partial charge >= 0.3 is 0 Å². The van der Waals surface area contributed by atoms with E-state index in [4.69, 9.17) is 4.74 Å². The van der Waals surface area contributed by atoms with Gasteiger partial charge < -0.3 is 15.4 Å². The maximum atomic E-state index is 11.7. The number of hydrogen-bond acceptors (Lipinski definition) is 4. The second-order valence-corrected chi connectivity index (χ2v) is 5.76. The fourth-order valence-corrected chi connectivity index (χ4v) is 1.44. The van der Waals surface area contributed by atoms with Crippen molar-refractivity contribution < 1.29 is 9.53 Å². The monoisotopic (exact) mass is 268 g/mol. The Morgan fingerprint density at radius 1 is 1.62 bits per heavy atom. The number of hydrogen-bond donors (Lipinski definition) is 2. The van der Waals surface area contributed by atoms with Gasteiger partial charge in [0.25, 0.3) is 5.91 Å². The topological polar surface area (TPSA) is 50.4 Å². The van der Waals surface area contributed by atoms with Gasteiger partial charge in [0.1, 0.15) is 6.10 Å². The van der Waals surface area contributed by atoms with Gasteiger partial charge in [-0.05, 0) is 20.1 Å². The van der Waals surface area contributed by atoms with E-state index in [9.17, 15) is 4.79 Å². The number of thioether (sulfide) groups is 1. The maximum Gasteiger partial charge on any atom is 0.250 e. The minimum atomic E-state index is -0.323. The van der Waals surface area contributed by atoms with Crippen LogP contribution in [0.2, 0.25) is 0 Å². The Labute approximate surface area is 108 Å². The van der Waals surface area contributed by atoms with Crippen LogP contribution in [0.25, 0.3) is 0 Å². The molecule has 0 saturated carbocycles. The van der Waals surface area contributed by atoms with Crippen molar-refractivity contribution in [1.82, 2.24) is 10.6 Å². The lowest BCUT2D eigenvalue weighted by molar-refractivity contribution is -0.134. The quantitative estimate of drug-likeness (QED) is 0.786. The van der Waals surface area contributed by atoms with Crippen molar-refractivity contribution in [3.63, 3.8) is 0 Å². The normalized spacial score (nSPS) is 21.1. The highest BCUT2D eigenvalue weighted by Gasteiger charge is 2.24. The molecular formula is C10H21ClN2O2S. The van der Waals surface area contributed by atoms with Gasteiger partial charge in [-0.25, -0.2) is 0 Å². The Morgan fingerprint density at radius 2 is 2.31 bits per heavy atom. The second kappa shape index (κ2) is 7.37. The van der Waals surface area contributed by atoms with Crippen molar-refractivity contribution >= 4 is 30.1 Å². The predicted octanol–water partition coefficient (Wildman–Crippen LogP) is 0.654. The third-order valence-electron chi connectivity index (χ3n) is 2.46. The minimum Gasteiger partial charge on any atom is -0.366 e. The maximum absolute atomic E-state index is 11.7. The van der Waals surface area contributed by atoms with Crippen LogP contribution < -0.4 is 10.6 Å². The molecule has 4 nitrogen and oxygen atoms in total. The van der Waals surface area contributed by atoms with Gasteiger partial charge in [-0.15, -0.1) is 12.4 Å². The fourth-order valence-electron chi connectivity index (χ4n) is 1.22. The Balaban J connectivity index is 0.00000225. The third-order valence-corrected chi connectivity index (χ3v) is 3.71. The summed E-state index contributed by atoms with van der Waals surface area (Å²) in [5.74, 6) is -0.00988. The number of carbonyl (C=O) groups is 1. The molecule has 1 fully saturated rings. The van der Waals surface area contributed by atoms with E-state index in [0.717, 1.165) is 6.54 Å². The molecule has 16 heavy (non-hydrogen) atoms. The Kier molecular flexibility index (Phi) is 7.39. The lowest BCUT2D eigenvalue weighted by Crippen LogP contribution is -2.49. The molecule has 0 bridgehead atoms. The predicted molar refractivity (Wildman–Crippen MR) is 70.5 cm³/mol. The van der Waals surface area contributed by atoms with Crippen molar-refractivity contribution in [2.24, 2.45) is 0 Å². The van der Waals surface area contributed by atoms with Crippen LogP contribution in [-0.2, 0) is 9.53 Å². The summed E-state index contributed by atoms with van der Waals surface area (Å²) in [4.78, 5) is 11.7. The molecule has 0 spiro atoms. The average Bonchev–Trinajstić information content (AvgIpc) is 2.27. The molecular weight excluding hydrogens is 248 g/mol. The first-order valence-corrected chi connectivity index (χ1v) is 6.43. The first-order chi connectivity index (χ1) is 7.05. The first-order valence-electron chi connectivity index (χ1n) is 5.20. The van der Waals surface area contributed by atoms with Gasteiger partial charge in [0.2, 0.25) is 0 Å². The highest BCUT2D eigenvalue weighted by molar-refractivity contribution is 7.99. The molecule has 1 aliphatic rings. The summed E-state index contributed by atoms with van der Waals surface area (Å²) in [6.45, 7) is 6.96. The molecule has 0 aromatic carbocycles. The highest BCUT2D eigenvalue weighted by atomic mass is 35.5. The SMILES string of the molecule is CSC(C)(C)CNC(=O)C1CNCCO1.Cl. The summed E-state index contributed by atoms with van der Waals surface area (Å²) in [6.07, 6.45) is 1.72. The molecule has 1 heterocycles. The average molecular weight is 269 g/mol. The van der Waals surface area contributed by atoms with Gasteiger partial charge in [0, 0.05) is 24.4 Å². The zero-order valence-electron chi connectivity index (χ0n) is 10.0. The molecule has 1 amide bonds. The summed E-state index contributed by atoms with van der Waals surface area (Å²) in [6, 6.07) is 0. The van der Waals surface area contributed by atoms with Gasteiger partial charge in [0.15, 0.2) is 0 Å². The van der Waals surface area contributed by atoms with Gasteiger partial charge in [0.05, 0.1) is 6.61 Å². The molecule has 1 saturated heterocycles. The second-order valence-electron chi connectivity index (χ2n) is 4.25. The molecule has 0 aromatic rings. The van der Waals surface area contributed by atoms with Crippen molar-refractivity contribution in [3.05, 3.63) is 0 Å². The molecule has 1 atom stereocenters. The van der Waals surface area contributed by atoms with E-state index in [2.05, 4.69) is 24.5 Å². The Hall–Kier alpha value is 0.0300.